The second kappa shape index (κ2) is 5.37. The predicted octanol–water partition coefficient (Wildman–Crippen LogP) is 4.27. The minimum Gasteiger partial charge on any atom is -0.312 e. The molecule has 2 heteroatoms. The quantitative estimate of drug-likeness (QED) is 0.403. The van der Waals surface area contributed by atoms with E-state index in [2.05, 4.69) is 103 Å². The van der Waals surface area contributed by atoms with Gasteiger partial charge < -0.3 is 4.90 Å². The number of para-hydroxylation sites is 2. The second-order valence-electron chi connectivity index (χ2n) is 7.49. The van der Waals surface area contributed by atoms with Gasteiger partial charge in [0, 0.05) is 17.1 Å². The van der Waals surface area contributed by atoms with Crippen LogP contribution in [0.1, 0.15) is 5.56 Å². The number of aryl methyl sites for hydroxylation is 1. The molecule has 4 aromatic carbocycles. The lowest BCUT2D eigenvalue weighted by Gasteiger charge is -2.35. The average molecular weight is 343 g/mol. The Morgan fingerprint density at radius 1 is 0.630 bits per heavy atom. The molecular formula is C25H18BN. The third kappa shape index (κ3) is 1.96. The Morgan fingerprint density at radius 2 is 1.41 bits per heavy atom. The molecule has 27 heavy (non-hydrogen) atoms. The smallest absolute Gasteiger partial charge is 0.248 e. The zero-order chi connectivity index (χ0) is 18.0. The molecule has 0 aromatic heterocycles. The fourth-order valence-corrected chi connectivity index (χ4v) is 4.84. The molecule has 0 unspecified atom stereocenters. The number of nitrogens with zero attached hydrogens (tertiary/aromatic N) is 1. The Morgan fingerprint density at radius 3 is 2.30 bits per heavy atom. The van der Waals surface area contributed by atoms with Crippen molar-refractivity contribution in [1.82, 2.24) is 0 Å². The summed E-state index contributed by atoms with van der Waals surface area (Å²) in [5.41, 5.74) is 12.2. The van der Waals surface area contributed by atoms with Crippen molar-refractivity contribution < 1.29 is 0 Å². The lowest BCUT2D eigenvalue weighted by molar-refractivity contribution is 1.30. The number of fused-ring (bicyclic) bond motifs is 5. The van der Waals surface area contributed by atoms with Gasteiger partial charge in [0.1, 0.15) is 0 Å². The van der Waals surface area contributed by atoms with E-state index in [1.54, 1.807) is 0 Å². The lowest BCUT2D eigenvalue weighted by atomic mass is 9.37. The maximum absolute atomic E-state index is 2.42. The highest BCUT2D eigenvalue weighted by Gasteiger charge is 2.41. The van der Waals surface area contributed by atoms with Crippen molar-refractivity contribution in [2.24, 2.45) is 0 Å². The molecular weight excluding hydrogens is 325 g/mol. The normalized spacial score (nSPS) is 13.2. The van der Waals surface area contributed by atoms with Crippen molar-refractivity contribution in [2.75, 3.05) is 4.90 Å². The molecule has 6 rings (SSSR count). The molecule has 2 aliphatic heterocycles. The van der Waals surface area contributed by atoms with Gasteiger partial charge in [-0.2, -0.15) is 0 Å². The minimum absolute atomic E-state index is 0.322. The Hall–Kier alpha value is -3.26. The van der Waals surface area contributed by atoms with Crippen molar-refractivity contribution in [2.45, 2.75) is 6.92 Å². The van der Waals surface area contributed by atoms with Gasteiger partial charge in [-0.15, -0.1) is 0 Å². The highest BCUT2D eigenvalue weighted by molar-refractivity contribution is 7.01. The molecule has 2 aliphatic rings. The van der Waals surface area contributed by atoms with Crippen molar-refractivity contribution in [1.29, 1.82) is 0 Å². The first-order chi connectivity index (χ1) is 13.3. The Bertz CT molecular complexity index is 1200. The number of rotatable bonds is 1. The van der Waals surface area contributed by atoms with E-state index in [1.165, 1.54) is 50.1 Å². The number of benzene rings is 4. The van der Waals surface area contributed by atoms with Crippen LogP contribution in [0.2, 0.25) is 0 Å². The fourth-order valence-electron chi connectivity index (χ4n) is 4.84. The van der Waals surface area contributed by atoms with Crippen LogP contribution in [0.15, 0.2) is 91.0 Å². The molecule has 0 saturated heterocycles. The summed E-state index contributed by atoms with van der Waals surface area (Å²) in [6.45, 7) is 2.50. The van der Waals surface area contributed by atoms with E-state index in [4.69, 9.17) is 0 Å². The van der Waals surface area contributed by atoms with Crippen LogP contribution in [0.4, 0.5) is 17.1 Å². The highest BCUT2D eigenvalue weighted by Crippen LogP contribution is 2.39. The maximum atomic E-state index is 2.42. The lowest BCUT2D eigenvalue weighted by Crippen LogP contribution is -2.54. The standard InChI is InChI=1S/C25H18BN/c1-17-14-15-21-20(16-17)19-10-7-13-24-25(19)26(21)22-11-5-6-12-23(22)27(24)18-8-3-2-4-9-18/h2-16H,1H3. The summed E-state index contributed by atoms with van der Waals surface area (Å²) in [4.78, 5) is 2.42. The first-order valence-electron chi connectivity index (χ1n) is 9.51. The largest absolute Gasteiger partial charge is 0.312 e. The highest BCUT2D eigenvalue weighted by atomic mass is 15.1. The molecule has 126 valence electrons. The van der Waals surface area contributed by atoms with Crippen LogP contribution in [0.5, 0.6) is 0 Å². The molecule has 0 radical (unpaired) electrons. The van der Waals surface area contributed by atoms with Gasteiger partial charge in [0.05, 0.1) is 0 Å². The Labute approximate surface area is 160 Å². The molecule has 0 fully saturated rings. The SMILES string of the molecule is Cc1ccc2c(c1)-c1cccc3c1B2c1ccccc1N3c1ccccc1. The molecule has 0 aliphatic carbocycles. The van der Waals surface area contributed by atoms with E-state index in [-0.39, 0.29) is 0 Å². The van der Waals surface area contributed by atoms with Crippen molar-refractivity contribution in [3.8, 4) is 11.1 Å². The Kier molecular flexibility index (Phi) is 2.96. The molecule has 0 amide bonds. The summed E-state index contributed by atoms with van der Waals surface area (Å²) >= 11 is 0. The first-order valence-corrected chi connectivity index (χ1v) is 9.51. The molecule has 0 bridgehead atoms. The van der Waals surface area contributed by atoms with E-state index in [1.807, 2.05) is 0 Å². The molecule has 2 heterocycles. The molecule has 0 saturated carbocycles. The van der Waals surface area contributed by atoms with Gasteiger partial charge in [0.2, 0.25) is 6.71 Å². The van der Waals surface area contributed by atoms with Gasteiger partial charge in [0.15, 0.2) is 0 Å². The van der Waals surface area contributed by atoms with Crippen LogP contribution in [0, 0.1) is 6.92 Å². The zero-order valence-corrected chi connectivity index (χ0v) is 15.2. The van der Waals surface area contributed by atoms with Crippen molar-refractivity contribution in [3.63, 3.8) is 0 Å². The molecule has 0 atom stereocenters. The summed E-state index contributed by atoms with van der Waals surface area (Å²) in [7, 11) is 0. The van der Waals surface area contributed by atoms with E-state index < -0.39 is 0 Å². The van der Waals surface area contributed by atoms with Gasteiger partial charge in [-0.25, -0.2) is 0 Å². The Balaban J connectivity index is 1.72. The van der Waals surface area contributed by atoms with E-state index in [9.17, 15) is 0 Å². The first kappa shape index (κ1) is 14.9. The van der Waals surface area contributed by atoms with Crippen molar-refractivity contribution in [3.05, 3.63) is 96.6 Å². The summed E-state index contributed by atoms with van der Waals surface area (Å²) in [5, 5.41) is 0. The van der Waals surface area contributed by atoms with Crippen LogP contribution in [0.3, 0.4) is 0 Å². The van der Waals surface area contributed by atoms with Gasteiger partial charge >= 0.3 is 0 Å². The van der Waals surface area contributed by atoms with E-state index >= 15 is 0 Å². The van der Waals surface area contributed by atoms with Gasteiger partial charge in [-0.1, -0.05) is 77.8 Å². The summed E-state index contributed by atoms with van der Waals surface area (Å²) in [6.07, 6.45) is 0. The van der Waals surface area contributed by atoms with Crippen LogP contribution in [-0.4, -0.2) is 6.71 Å². The van der Waals surface area contributed by atoms with Crippen LogP contribution < -0.4 is 21.3 Å². The van der Waals surface area contributed by atoms with Gasteiger partial charge in [-0.3, -0.25) is 0 Å². The average Bonchev–Trinajstić information content (AvgIpc) is 3.04. The topological polar surface area (TPSA) is 3.24 Å². The summed E-state index contributed by atoms with van der Waals surface area (Å²) in [5.74, 6) is 0. The van der Waals surface area contributed by atoms with Crippen LogP contribution in [-0.2, 0) is 0 Å². The van der Waals surface area contributed by atoms with Crippen LogP contribution in [0.25, 0.3) is 11.1 Å². The monoisotopic (exact) mass is 343 g/mol. The zero-order valence-electron chi connectivity index (χ0n) is 15.2. The minimum atomic E-state index is 0.322. The fraction of sp³-hybridized carbons (Fsp3) is 0.0400. The summed E-state index contributed by atoms with van der Waals surface area (Å²) in [6, 6.07) is 33.3. The summed E-state index contributed by atoms with van der Waals surface area (Å²) < 4.78 is 0. The van der Waals surface area contributed by atoms with E-state index in [0.29, 0.717) is 6.71 Å². The van der Waals surface area contributed by atoms with Crippen LogP contribution >= 0.6 is 0 Å². The number of hydrogen-bond acceptors (Lipinski definition) is 1. The second-order valence-corrected chi connectivity index (χ2v) is 7.49. The van der Waals surface area contributed by atoms with Gasteiger partial charge in [-0.05, 0) is 53.2 Å². The molecule has 4 aromatic rings. The molecule has 0 spiro atoms. The number of hydrogen-bond donors (Lipinski definition) is 0. The van der Waals surface area contributed by atoms with E-state index in [0.717, 1.165) is 0 Å². The molecule has 1 nitrogen and oxygen atoms in total. The molecule has 0 N–H and O–H groups in total. The van der Waals surface area contributed by atoms with Gasteiger partial charge in [0.25, 0.3) is 0 Å². The van der Waals surface area contributed by atoms with Crippen molar-refractivity contribution >= 4 is 40.2 Å². The maximum Gasteiger partial charge on any atom is 0.248 e. The third-order valence-corrected chi connectivity index (χ3v) is 5.93. The predicted molar refractivity (Wildman–Crippen MR) is 116 cm³/mol. The third-order valence-electron chi connectivity index (χ3n) is 5.93. The number of anilines is 3.